The zero-order valence-corrected chi connectivity index (χ0v) is 10.8. The Morgan fingerprint density at radius 3 is 2.44 bits per heavy atom. The summed E-state index contributed by atoms with van der Waals surface area (Å²) in [6.07, 6.45) is -3.37. The van der Waals surface area contributed by atoms with E-state index < -0.39 is 11.9 Å². The molecule has 1 aromatic heterocycles. The van der Waals surface area contributed by atoms with Gasteiger partial charge < -0.3 is 10.6 Å². The summed E-state index contributed by atoms with van der Waals surface area (Å²) >= 11 is 0. The number of nitrogens with zero attached hydrogens (tertiary/aromatic N) is 2. The molecule has 0 saturated carbocycles. The highest BCUT2D eigenvalue weighted by Crippen LogP contribution is 2.32. The van der Waals surface area contributed by atoms with Gasteiger partial charge in [0.05, 0.1) is 17.6 Å². The Bertz CT molecular complexity index is 402. The summed E-state index contributed by atoms with van der Waals surface area (Å²) in [4.78, 5) is 5.16. The van der Waals surface area contributed by atoms with Gasteiger partial charge in [-0.25, -0.2) is 4.98 Å². The smallest absolute Gasteiger partial charge is 0.396 e. The first kappa shape index (κ1) is 14.6. The number of hydrogen-bond donors (Lipinski definition) is 1. The lowest BCUT2D eigenvalue weighted by atomic mass is 10.1. The van der Waals surface area contributed by atoms with E-state index in [0.717, 1.165) is 12.3 Å². The molecule has 0 fully saturated rings. The predicted molar refractivity (Wildman–Crippen MR) is 66.4 cm³/mol. The minimum atomic E-state index is -4.44. The van der Waals surface area contributed by atoms with E-state index in [1.165, 1.54) is 0 Å². The van der Waals surface area contributed by atoms with Crippen LogP contribution >= 0.6 is 0 Å². The monoisotopic (exact) mass is 261 g/mol. The number of halogens is 3. The van der Waals surface area contributed by atoms with E-state index in [-0.39, 0.29) is 5.69 Å². The minimum absolute atomic E-state index is 0.269. The van der Waals surface area contributed by atoms with Crippen LogP contribution in [0.5, 0.6) is 0 Å². The van der Waals surface area contributed by atoms with Crippen LogP contribution in [-0.2, 0) is 6.18 Å². The summed E-state index contributed by atoms with van der Waals surface area (Å²) in [5.74, 6) is 0.340. The number of alkyl halides is 3. The fourth-order valence-corrected chi connectivity index (χ4v) is 1.72. The maximum absolute atomic E-state index is 12.6. The standard InChI is InChI=1S/C12H18F3N3/c1-4-18(7-8(2)3)10-5-11(12(13,14)15)17-6-9(10)16/h5-6,8H,4,7,16H2,1-3H3. The molecule has 1 aromatic rings. The second-order valence-corrected chi connectivity index (χ2v) is 4.56. The molecular weight excluding hydrogens is 243 g/mol. The largest absolute Gasteiger partial charge is 0.433 e. The second kappa shape index (κ2) is 5.46. The molecule has 18 heavy (non-hydrogen) atoms. The van der Waals surface area contributed by atoms with Crippen LogP contribution in [0.1, 0.15) is 26.5 Å². The molecule has 0 bridgehead atoms. The van der Waals surface area contributed by atoms with Crippen LogP contribution in [0.25, 0.3) is 0 Å². The first-order chi connectivity index (χ1) is 8.25. The third-order valence-electron chi connectivity index (χ3n) is 2.51. The minimum Gasteiger partial charge on any atom is -0.396 e. The summed E-state index contributed by atoms with van der Waals surface area (Å²) < 4.78 is 37.8. The maximum Gasteiger partial charge on any atom is 0.433 e. The van der Waals surface area contributed by atoms with Gasteiger partial charge in [-0.2, -0.15) is 13.2 Å². The first-order valence-corrected chi connectivity index (χ1v) is 5.83. The van der Waals surface area contributed by atoms with Gasteiger partial charge in [0.1, 0.15) is 5.69 Å². The van der Waals surface area contributed by atoms with Crippen LogP contribution in [0.3, 0.4) is 0 Å². The van der Waals surface area contributed by atoms with Crippen molar-refractivity contribution in [2.75, 3.05) is 23.7 Å². The number of pyridine rings is 1. The van der Waals surface area contributed by atoms with Crippen LogP contribution in [0.4, 0.5) is 24.5 Å². The summed E-state index contributed by atoms with van der Waals surface area (Å²) in [7, 11) is 0. The van der Waals surface area contributed by atoms with Gasteiger partial charge in [0.25, 0.3) is 0 Å². The molecule has 3 nitrogen and oxygen atoms in total. The molecule has 0 aliphatic rings. The molecule has 1 rings (SSSR count). The van der Waals surface area contributed by atoms with Crippen molar-refractivity contribution in [3.05, 3.63) is 18.0 Å². The number of nitrogens with two attached hydrogens (primary N) is 1. The molecule has 0 amide bonds. The fourth-order valence-electron chi connectivity index (χ4n) is 1.72. The Morgan fingerprint density at radius 1 is 1.39 bits per heavy atom. The van der Waals surface area contributed by atoms with Crippen molar-refractivity contribution in [1.82, 2.24) is 4.98 Å². The van der Waals surface area contributed by atoms with Gasteiger partial charge >= 0.3 is 6.18 Å². The fraction of sp³-hybridized carbons (Fsp3) is 0.583. The molecule has 0 unspecified atom stereocenters. The van der Waals surface area contributed by atoms with E-state index in [1.54, 1.807) is 0 Å². The number of nitrogen functional groups attached to an aromatic ring is 1. The summed E-state index contributed by atoms with van der Waals surface area (Å²) in [5, 5.41) is 0. The molecular formula is C12H18F3N3. The van der Waals surface area contributed by atoms with Gasteiger partial charge in [0, 0.05) is 13.1 Å². The normalized spacial score (nSPS) is 11.9. The third kappa shape index (κ3) is 3.51. The topological polar surface area (TPSA) is 42.2 Å². The molecule has 0 spiro atoms. The van der Waals surface area contributed by atoms with Gasteiger partial charge in [0.2, 0.25) is 0 Å². The van der Waals surface area contributed by atoms with Crippen molar-refractivity contribution in [2.24, 2.45) is 5.92 Å². The van der Waals surface area contributed by atoms with Crippen molar-refractivity contribution in [3.63, 3.8) is 0 Å². The van der Waals surface area contributed by atoms with Gasteiger partial charge in [-0.15, -0.1) is 0 Å². The Kier molecular flexibility index (Phi) is 4.43. The summed E-state index contributed by atoms with van der Waals surface area (Å²) in [5.41, 5.74) is 5.47. The number of hydrogen-bond acceptors (Lipinski definition) is 3. The number of anilines is 2. The SMILES string of the molecule is CCN(CC(C)C)c1cc(C(F)(F)F)ncc1N. The second-order valence-electron chi connectivity index (χ2n) is 4.56. The molecule has 0 aliphatic carbocycles. The van der Waals surface area contributed by atoms with Crippen molar-refractivity contribution in [1.29, 1.82) is 0 Å². The highest BCUT2D eigenvalue weighted by atomic mass is 19.4. The quantitative estimate of drug-likeness (QED) is 0.905. The Balaban J connectivity index is 3.13. The molecule has 0 aromatic carbocycles. The number of aromatic nitrogens is 1. The zero-order chi connectivity index (χ0) is 13.9. The summed E-state index contributed by atoms with van der Waals surface area (Å²) in [6, 6.07) is 1.02. The van der Waals surface area contributed by atoms with E-state index in [9.17, 15) is 13.2 Å². The summed E-state index contributed by atoms with van der Waals surface area (Å²) in [6.45, 7) is 7.15. The van der Waals surface area contributed by atoms with Crippen molar-refractivity contribution in [2.45, 2.75) is 26.9 Å². The zero-order valence-electron chi connectivity index (χ0n) is 10.8. The van der Waals surface area contributed by atoms with Crippen molar-refractivity contribution in [3.8, 4) is 0 Å². The average molecular weight is 261 g/mol. The molecule has 0 aliphatic heterocycles. The van der Waals surface area contributed by atoms with Gasteiger partial charge in [0.15, 0.2) is 0 Å². The van der Waals surface area contributed by atoms with E-state index in [2.05, 4.69) is 4.98 Å². The maximum atomic E-state index is 12.6. The van der Waals surface area contributed by atoms with Gasteiger partial charge in [-0.3, -0.25) is 0 Å². The molecule has 1 heterocycles. The third-order valence-corrected chi connectivity index (χ3v) is 2.51. The van der Waals surface area contributed by atoms with Crippen LogP contribution in [0.15, 0.2) is 12.3 Å². The Hall–Kier alpha value is -1.46. The van der Waals surface area contributed by atoms with Crippen LogP contribution in [0, 0.1) is 5.92 Å². The average Bonchev–Trinajstić information content (AvgIpc) is 2.25. The highest BCUT2D eigenvalue weighted by Gasteiger charge is 2.33. The van der Waals surface area contributed by atoms with E-state index in [0.29, 0.717) is 24.7 Å². The molecule has 6 heteroatoms. The van der Waals surface area contributed by atoms with Crippen LogP contribution in [0.2, 0.25) is 0 Å². The lowest BCUT2D eigenvalue weighted by Gasteiger charge is -2.26. The molecule has 2 N–H and O–H groups in total. The lowest BCUT2D eigenvalue weighted by molar-refractivity contribution is -0.141. The van der Waals surface area contributed by atoms with Gasteiger partial charge in [-0.05, 0) is 18.9 Å². The Morgan fingerprint density at radius 2 is 2.00 bits per heavy atom. The van der Waals surface area contributed by atoms with E-state index >= 15 is 0 Å². The molecule has 102 valence electrons. The first-order valence-electron chi connectivity index (χ1n) is 5.83. The van der Waals surface area contributed by atoms with E-state index in [4.69, 9.17) is 5.73 Å². The molecule has 0 saturated heterocycles. The van der Waals surface area contributed by atoms with Crippen molar-refractivity contribution >= 4 is 11.4 Å². The van der Waals surface area contributed by atoms with Crippen LogP contribution < -0.4 is 10.6 Å². The predicted octanol–water partition coefficient (Wildman–Crippen LogP) is 3.16. The molecule has 0 atom stereocenters. The van der Waals surface area contributed by atoms with E-state index in [1.807, 2.05) is 25.7 Å². The lowest BCUT2D eigenvalue weighted by Crippen LogP contribution is -2.28. The van der Waals surface area contributed by atoms with Crippen LogP contribution in [-0.4, -0.2) is 18.1 Å². The number of rotatable bonds is 4. The van der Waals surface area contributed by atoms with Crippen molar-refractivity contribution < 1.29 is 13.2 Å². The highest BCUT2D eigenvalue weighted by molar-refractivity contribution is 5.67. The Labute approximate surface area is 105 Å². The van der Waals surface area contributed by atoms with Gasteiger partial charge in [-0.1, -0.05) is 13.8 Å². The molecule has 0 radical (unpaired) electrons.